The Balaban J connectivity index is 1.43. The number of hydrogen-bond donors (Lipinski definition) is 1. The van der Waals surface area contributed by atoms with E-state index in [1.807, 2.05) is 43.3 Å². The smallest absolute Gasteiger partial charge is 0.261 e. The van der Waals surface area contributed by atoms with Crippen LogP contribution in [0.15, 0.2) is 63.2 Å². The summed E-state index contributed by atoms with van der Waals surface area (Å²) in [5.41, 5.74) is 3.30. The third-order valence-corrected chi connectivity index (χ3v) is 8.39. The molecule has 7 nitrogen and oxygen atoms in total. The van der Waals surface area contributed by atoms with Crippen LogP contribution >= 0.6 is 11.3 Å². The number of para-hydroxylation sites is 1. The molecule has 0 bridgehead atoms. The molecule has 2 amide bonds. The number of hydrogen-bond acceptors (Lipinski definition) is 6. The lowest BCUT2D eigenvalue weighted by Gasteiger charge is -2.33. The average Bonchev–Trinajstić information content (AvgIpc) is 3.59. The second-order valence-corrected chi connectivity index (χ2v) is 11.8. The summed E-state index contributed by atoms with van der Waals surface area (Å²) in [6.45, 7) is 8.97. The van der Waals surface area contributed by atoms with Crippen LogP contribution in [-0.2, 0) is 24.2 Å². The van der Waals surface area contributed by atoms with Gasteiger partial charge in [0.2, 0.25) is 0 Å². The van der Waals surface area contributed by atoms with E-state index in [9.17, 15) is 9.59 Å². The van der Waals surface area contributed by atoms with E-state index in [1.165, 1.54) is 9.89 Å². The molecular formula is C29H32N4O3S. The maximum Gasteiger partial charge on any atom is 0.261 e. The molecule has 1 N–H and O–H groups in total. The van der Waals surface area contributed by atoms with Crippen molar-refractivity contribution in [1.82, 2.24) is 5.32 Å². The predicted molar refractivity (Wildman–Crippen MR) is 148 cm³/mol. The van der Waals surface area contributed by atoms with Gasteiger partial charge in [0.1, 0.15) is 16.7 Å². The van der Waals surface area contributed by atoms with Crippen molar-refractivity contribution in [2.24, 2.45) is 27.3 Å². The summed E-state index contributed by atoms with van der Waals surface area (Å²) >= 11 is 1.57. The molecule has 0 fully saturated rings. The number of aliphatic imine (C=N–C) groups is 1. The van der Waals surface area contributed by atoms with Crippen LogP contribution in [0.5, 0.6) is 0 Å². The molecule has 5 rings (SSSR count). The zero-order valence-corrected chi connectivity index (χ0v) is 22.5. The van der Waals surface area contributed by atoms with Gasteiger partial charge >= 0.3 is 0 Å². The fourth-order valence-electron chi connectivity index (χ4n) is 4.95. The van der Waals surface area contributed by atoms with E-state index >= 15 is 0 Å². The fourth-order valence-corrected chi connectivity index (χ4v) is 6.23. The monoisotopic (exact) mass is 516 g/mol. The SMILES string of the molecule is CC1=NN(c2ccccc2)C(=O)[C@@H]1C=Nc1sc2c(c1C(=O)NCc1ccco1)CC[C@H](C(C)(C)C)C2. The van der Waals surface area contributed by atoms with Gasteiger partial charge in [-0.2, -0.15) is 10.1 Å². The highest BCUT2D eigenvalue weighted by molar-refractivity contribution is 7.16. The van der Waals surface area contributed by atoms with E-state index in [-0.39, 0.29) is 17.2 Å². The molecule has 0 unspecified atom stereocenters. The first-order chi connectivity index (χ1) is 17.7. The Kier molecular flexibility index (Phi) is 6.86. The number of rotatable bonds is 6. The van der Waals surface area contributed by atoms with Crippen LogP contribution in [-0.4, -0.2) is 23.7 Å². The number of thiophene rings is 1. The number of carbonyl (C=O) groups is 2. The van der Waals surface area contributed by atoms with Crippen molar-refractivity contribution in [1.29, 1.82) is 0 Å². The molecule has 3 heterocycles. The van der Waals surface area contributed by atoms with E-state index in [0.29, 0.717) is 34.5 Å². The zero-order chi connectivity index (χ0) is 26.2. The van der Waals surface area contributed by atoms with Crippen molar-refractivity contribution in [2.45, 2.75) is 53.5 Å². The third-order valence-electron chi connectivity index (χ3n) is 7.23. The summed E-state index contributed by atoms with van der Waals surface area (Å²) in [6.07, 6.45) is 6.05. The molecule has 1 aromatic carbocycles. The first kappa shape index (κ1) is 25.1. The molecule has 0 saturated carbocycles. The highest BCUT2D eigenvalue weighted by Crippen LogP contribution is 2.45. The van der Waals surface area contributed by atoms with Crippen molar-refractivity contribution >= 4 is 45.8 Å². The van der Waals surface area contributed by atoms with Gasteiger partial charge in [-0.1, -0.05) is 39.0 Å². The van der Waals surface area contributed by atoms with Crippen LogP contribution in [0.3, 0.4) is 0 Å². The number of benzene rings is 1. The van der Waals surface area contributed by atoms with Crippen LogP contribution < -0.4 is 10.3 Å². The van der Waals surface area contributed by atoms with Crippen molar-refractivity contribution < 1.29 is 14.0 Å². The van der Waals surface area contributed by atoms with Crippen molar-refractivity contribution in [3.63, 3.8) is 0 Å². The quantitative estimate of drug-likeness (QED) is 0.398. The Morgan fingerprint density at radius 3 is 2.73 bits per heavy atom. The largest absolute Gasteiger partial charge is 0.467 e. The number of furan rings is 1. The molecule has 37 heavy (non-hydrogen) atoms. The van der Waals surface area contributed by atoms with E-state index in [2.05, 4.69) is 31.2 Å². The topological polar surface area (TPSA) is 87.3 Å². The minimum atomic E-state index is -0.569. The summed E-state index contributed by atoms with van der Waals surface area (Å²) in [4.78, 5) is 32.6. The normalized spacial score (nSPS) is 19.8. The predicted octanol–water partition coefficient (Wildman–Crippen LogP) is 6.16. The minimum Gasteiger partial charge on any atom is -0.467 e. The lowest BCUT2D eigenvalue weighted by Crippen LogP contribution is -2.28. The Bertz CT molecular complexity index is 1350. The lowest BCUT2D eigenvalue weighted by molar-refractivity contribution is -0.118. The Hall–Kier alpha value is -3.52. The van der Waals surface area contributed by atoms with Gasteiger partial charge in [-0.15, -0.1) is 11.3 Å². The van der Waals surface area contributed by atoms with Gasteiger partial charge in [0.15, 0.2) is 0 Å². The molecule has 2 atom stereocenters. The number of nitrogens with one attached hydrogen (secondary N) is 1. The molecule has 0 spiro atoms. The Morgan fingerprint density at radius 2 is 2.03 bits per heavy atom. The molecule has 3 aromatic rings. The summed E-state index contributed by atoms with van der Waals surface area (Å²) in [5.74, 6) is 0.356. The first-order valence-electron chi connectivity index (χ1n) is 12.7. The number of carbonyl (C=O) groups excluding carboxylic acids is 2. The van der Waals surface area contributed by atoms with E-state index in [4.69, 9.17) is 9.41 Å². The lowest BCUT2D eigenvalue weighted by atomic mass is 9.72. The van der Waals surface area contributed by atoms with Crippen LogP contribution in [0.25, 0.3) is 0 Å². The van der Waals surface area contributed by atoms with Gasteiger partial charge < -0.3 is 9.73 Å². The van der Waals surface area contributed by atoms with Crippen LogP contribution in [0.2, 0.25) is 0 Å². The first-order valence-corrected chi connectivity index (χ1v) is 13.5. The Morgan fingerprint density at radius 1 is 1.24 bits per heavy atom. The summed E-state index contributed by atoms with van der Waals surface area (Å²) < 4.78 is 5.38. The van der Waals surface area contributed by atoms with Gasteiger partial charge in [0.05, 0.1) is 29.8 Å². The van der Waals surface area contributed by atoms with Gasteiger partial charge in [-0.05, 0) is 67.3 Å². The summed E-state index contributed by atoms with van der Waals surface area (Å²) in [5, 5.41) is 9.54. The van der Waals surface area contributed by atoms with Crippen LogP contribution in [0.4, 0.5) is 10.7 Å². The summed E-state index contributed by atoms with van der Waals surface area (Å²) in [6, 6.07) is 13.0. The summed E-state index contributed by atoms with van der Waals surface area (Å²) in [7, 11) is 0. The minimum absolute atomic E-state index is 0.148. The highest BCUT2D eigenvalue weighted by atomic mass is 32.1. The fraction of sp³-hybridized carbons (Fsp3) is 0.379. The molecule has 1 aliphatic heterocycles. The van der Waals surface area contributed by atoms with Crippen LogP contribution in [0.1, 0.15) is 60.7 Å². The number of amides is 2. The number of fused-ring (bicyclic) bond motifs is 1. The molecular weight excluding hydrogens is 484 g/mol. The molecule has 0 saturated heterocycles. The number of hydrazone groups is 1. The van der Waals surface area contributed by atoms with E-state index < -0.39 is 5.92 Å². The van der Waals surface area contributed by atoms with Crippen molar-refractivity contribution in [3.05, 3.63) is 70.5 Å². The van der Waals surface area contributed by atoms with Crippen molar-refractivity contribution in [3.8, 4) is 0 Å². The third kappa shape index (κ3) is 5.16. The standard InChI is InChI=1S/C29H32N4O3S/c1-18-23(28(35)33(32-18)20-9-6-5-7-10-20)17-31-27-25(26(34)30-16-21-11-8-14-36-21)22-13-12-19(29(2,3)4)15-24(22)37-27/h5-11,14,17,19,23H,12-13,15-16H2,1-4H3,(H,30,34)/t19-,23+/m0/s1. The molecule has 0 radical (unpaired) electrons. The molecule has 2 aromatic heterocycles. The van der Waals surface area contributed by atoms with Gasteiger partial charge in [0.25, 0.3) is 11.8 Å². The zero-order valence-electron chi connectivity index (χ0n) is 21.7. The molecule has 2 aliphatic rings. The van der Waals surface area contributed by atoms with Gasteiger partial charge in [0, 0.05) is 11.1 Å². The second-order valence-electron chi connectivity index (χ2n) is 10.7. The number of anilines is 1. The average molecular weight is 517 g/mol. The van der Waals surface area contributed by atoms with E-state index in [1.54, 1.807) is 29.9 Å². The van der Waals surface area contributed by atoms with E-state index in [0.717, 1.165) is 30.5 Å². The second kappa shape index (κ2) is 10.1. The maximum absolute atomic E-state index is 13.4. The Labute approximate surface area is 221 Å². The van der Waals surface area contributed by atoms with Gasteiger partial charge in [-0.3, -0.25) is 9.59 Å². The van der Waals surface area contributed by atoms with Crippen molar-refractivity contribution in [2.75, 3.05) is 5.01 Å². The highest BCUT2D eigenvalue weighted by Gasteiger charge is 2.35. The number of nitrogens with zero attached hydrogens (tertiary/aromatic N) is 3. The molecule has 1 aliphatic carbocycles. The maximum atomic E-state index is 13.4. The molecule has 192 valence electrons. The van der Waals surface area contributed by atoms with Gasteiger partial charge in [-0.25, -0.2) is 4.99 Å². The molecule has 8 heteroatoms. The van der Waals surface area contributed by atoms with Crippen LogP contribution in [0, 0.1) is 17.3 Å².